The second-order valence-corrected chi connectivity index (χ2v) is 9.07. The highest BCUT2D eigenvalue weighted by Gasteiger charge is 2.36. The van der Waals surface area contributed by atoms with Gasteiger partial charge in [-0.15, -0.1) is 5.10 Å². The summed E-state index contributed by atoms with van der Waals surface area (Å²) in [5.74, 6) is 0.917. The van der Waals surface area contributed by atoms with Crippen molar-refractivity contribution in [1.82, 2.24) is 14.6 Å². The van der Waals surface area contributed by atoms with Crippen LogP contribution in [0.2, 0.25) is 0 Å². The van der Waals surface area contributed by atoms with Crippen molar-refractivity contribution in [3.63, 3.8) is 0 Å². The van der Waals surface area contributed by atoms with Crippen molar-refractivity contribution in [2.75, 3.05) is 26.2 Å². The number of rotatable bonds is 5. The molecular formula is C23H27N5OS+2. The van der Waals surface area contributed by atoms with E-state index in [9.17, 15) is 5.11 Å². The molecule has 5 rings (SSSR count). The summed E-state index contributed by atoms with van der Waals surface area (Å²) in [6, 6.07) is 21.4. The van der Waals surface area contributed by atoms with E-state index in [2.05, 4.69) is 64.7 Å². The first-order valence-electron chi connectivity index (χ1n) is 10.5. The Bertz CT molecular complexity index is 1120. The zero-order chi connectivity index (χ0) is 20.5. The van der Waals surface area contributed by atoms with Gasteiger partial charge in [0.1, 0.15) is 43.4 Å². The Morgan fingerprint density at radius 2 is 1.67 bits per heavy atom. The number of aromatic hydroxyl groups is 1. The van der Waals surface area contributed by atoms with Crippen molar-refractivity contribution in [1.29, 1.82) is 0 Å². The van der Waals surface area contributed by atoms with E-state index in [1.54, 1.807) is 20.8 Å². The van der Waals surface area contributed by atoms with Gasteiger partial charge in [0.2, 0.25) is 10.8 Å². The Kier molecular flexibility index (Phi) is 5.25. The Balaban J connectivity index is 1.40. The third-order valence-corrected chi connectivity index (χ3v) is 7.09. The molecule has 154 valence electrons. The summed E-state index contributed by atoms with van der Waals surface area (Å²) < 4.78 is 1.58. The van der Waals surface area contributed by atoms with Gasteiger partial charge in [0.25, 0.3) is 0 Å². The first-order valence-corrected chi connectivity index (χ1v) is 11.3. The number of thiazole rings is 1. The zero-order valence-electron chi connectivity index (χ0n) is 17.1. The molecule has 1 fully saturated rings. The van der Waals surface area contributed by atoms with Crippen LogP contribution in [0.1, 0.15) is 27.9 Å². The van der Waals surface area contributed by atoms with Crippen molar-refractivity contribution in [2.24, 2.45) is 0 Å². The first kappa shape index (κ1) is 19.2. The zero-order valence-corrected chi connectivity index (χ0v) is 17.9. The normalized spacial score (nSPS) is 20.4. The predicted octanol–water partition coefficient (Wildman–Crippen LogP) is 0.878. The molecule has 0 unspecified atom stereocenters. The predicted molar refractivity (Wildman–Crippen MR) is 117 cm³/mol. The van der Waals surface area contributed by atoms with Crippen molar-refractivity contribution < 1.29 is 14.9 Å². The summed E-state index contributed by atoms with van der Waals surface area (Å²) in [5.41, 5.74) is 2.63. The topological polar surface area (TPSA) is 59.3 Å². The maximum absolute atomic E-state index is 11.0. The quantitative estimate of drug-likeness (QED) is 0.448. The number of nitrogens with one attached hydrogen (secondary N) is 2. The summed E-state index contributed by atoms with van der Waals surface area (Å²) in [7, 11) is 0. The molecule has 1 atom stereocenters. The molecule has 0 aliphatic carbocycles. The molecule has 2 aromatic heterocycles. The molecule has 6 nitrogen and oxygen atoms in total. The molecular weight excluding hydrogens is 394 g/mol. The summed E-state index contributed by atoms with van der Waals surface area (Å²) >= 11 is 1.56. The van der Waals surface area contributed by atoms with Crippen LogP contribution >= 0.6 is 11.3 Å². The van der Waals surface area contributed by atoms with Crippen molar-refractivity contribution >= 4 is 16.3 Å². The number of aromatic nitrogens is 3. The van der Waals surface area contributed by atoms with E-state index in [1.807, 2.05) is 13.0 Å². The maximum atomic E-state index is 11.0. The largest absolute Gasteiger partial charge is 0.492 e. The van der Waals surface area contributed by atoms with Crippen molar-refractivity contribution in [3.05, 3.63) is 82.5 Å². The average molecular weight is 422 g/mol. The Hall–Kier alpha value is -2.74. The van der Waals surface area contributed by atoms with E-state index in [1.165, 1.54) is 16.0 Å². The molecule has 1 aliphatic rings. The average Bonchev–Trinajstić information content (AvgIpc) is 3.28. The second kappa shape index (κ2) is 8.18. The number of aryl methyl sites for hydroxylation is 1. The minimum absolute atomic E-state index is 0.0956. The number of nitrogens with zero attached hydrogens (tertiary/aromatic N) is 3. The number of piperazine rings is 1. The first-order chi connectivity index (χ1) is 14.7. The van der Waals surface area contributed by atoms with Crippen LogP contribution in [0.25, 0.3) is 4.96 Å². The number of hydrogen-bond donors (Lipinski definition) is 3. The molecule has 0 radical (unpaired) electrons. The van der Waals surface area contributed by atoms with E-state index in [4.69, 9.17) is 0 Å². The van der Waals surface area contributed by atoms with Crippen LogP contribution in [0, 0.1) is 6.92 Å². The number of benzene rings is 2. The van der Waals surface area contributed by atoms with Gasteiger partial charge in [0, 0.05) is 11.1 Å². The van der Waals surface area contributed by atoms with Crippen LogP contribution in [0.4, 0.5) is 0 Å². The van der Waals surface area contributed by atoms with E-state index in [0.29, 0.717) is 5.82 Å². The molecule has 30 heavy (non-hydrogen) atoms. The fourth-order valence-corrected chi connectivity index (χ4v) is 5.72. The highest BCUT2D eigenvalue weighted by atomic mass is 32.1. The lowest BCUT2D eigenvalue weighted by Gasteiger charge is -2.34. The molecule has 0 amide bonds. The van der Waals surface area contributed by atoms with E-state index < -0.39 is 0 Å². The van der Waals surface area contributed by atoms with Crippen LogP contribution in [0.5, 0.6) is 5.88 Å². The van der Waals surface area contributed by atoms with Gasteiger partial charge in [-0.2, -0.15) is 4.52 Å². The molecule has 2 aromatic carbocycles. The maximum Gasteiger partial charge on any atom is 0.235 e. The molecule has 7 heteroatoms. The highest BCUT2D eigenvalue weighted by Crippen LogP contribution is 2.34. The molecule has 1 aliphatic heterocycles. The summed E-state index contributed by atoms with van der Waals surface area (Å²) in [6.45, 7) is 7.29. The molecule has 0 saturated carbocycles. The van der Waals surface area contributed by atoms with E-state index >= 15 is 0 Å². The lowest BCUT2D eigenvalue weighted by molar-refractivity contribution is -1.03. The van der Waals surface area contributed by atoms with Crippen LogP contribution in [0.3, 0.4) is 0 Å². The molecule has 4 aromatic rings. The lowest BCUT2D eigenvalue weighted by Crippen LogP contribution is -3.27. The molecule has 0 bridgehead atoms. The van der Waals surface area contributed by atoms with Gasteiger partial charge in [0.05, 0.1) is 0 Å². The van der Waals surface area contributed by atoms with Gasteiger partial charge in [-0.25, -0.2) is 4.98 Å². The highest BCUT2D eigenvalue weighted by molar-refractivity contribution is 7.17. The number of fused-ring (bicyclic) bond motifs is 1. The van der Waals surface area contributed by atoms with Gasteiger partial charge in [0.15, 0.2) is 6.04 Å². The molecule has 0 spiro atoms. The van der Waals surface area contributed by atoms with Crippen LogP contribution in [-0.4, -0.2) is 45.9 Å². The fraction of sp³-hybridized carbons (Fsp3) is 0.304. The Morgan fingerprint density at radius 1 is 1.00 bits per heavy atom. The van der Waals surface area contributed by atoms with Gasteiger partial charge in [-0.05, 0) is 6.92 Å². The van der Waals surface area contributed by atoms with Crippen LogP contribution in [-0.2, 0) is 6.54 Å². The lowest BCUT2D eigenvalue weighted by atomic mass is 10.0. The smallest absolute Gasteiger partial charge is 0.235 e. The molecule has 3 N–H and O–H groups in total. The number of quaternary nitrogens is 2. The van der Waals surface area contributed by atoms with Gasteiger partial charge >= 0.3 is 0 Å². The third-order valence-electron chi connectivity index (χ3n) is 6.01. The fourth-order valence-electron chi connectivity index (χ4n) is 4.53. The standard InChI is InChI=1S/C23H25N5OS/c1-17-24-23-28(25-17)22(29)21(30-23)20(19-10-6-3-7-11-19)27-14-12-26(13-15-27)16-18-8-4-2-5-9-18/h2-11,20,29H,12-16H2,1H3/p+2/t20-/m1/s1. The SMILES string of the molecule is Cc1nc2sc([C@@H](c3ccccc3)[NH+]3CC[NH+](Cc4ccccc4)CC3)c(O)n2n1. The van der Waals surface area contributed by atoms with E-state index in [-0.39, 0.29) is 11.9 Å². The Morgan fingerprint density at radius 3 is 2.33 bits per heavy atom. The van der Waals surface area contributed by atoms with Crippen molar-refractivity contribution in [2.45, 2.75) is 19.5 Å². The molecule has 1 saturated heterocycles. The summed E-state index contributed by atoms with van der Waals surface area (Å²) in [6.07, 6.45) is 0. The van der Waals surface area contributed by atoms with Gasteiger partial charge in [-0.3, -0.25) is 0 Å². The molecule has 3 heterocycles. The number of hydrogen-bond acceptors (Lipinski definition) is 4. The van der Waals surface area contributed by atoms with Gasteiger partial charge in [-0.1, -0.05) is 72.0 Å². The second-order valence-electron chi connectivity index (χ2n) is 8.06. The monoisotopic (exact) mass is 421 g/mol. The van der Waals surface area contributed by atoms with E-state index in [0.717, 1.165) is 42.6 Å². The minimum atomic E-state index is 0.0956. The minimum Gasteiger partial charge on any atom is -0.492 e. The Labute approximate surface area is 180 Å². The summed E-state index contributed by atoms with van der Waals surface area (Å²) in [4.78, 5) is 9.31. The summed E-state index contributed by atoms with van der Waals surface area (Å²) in [5, 5.41) is 15.3. The van der Waals surface area contributed by atoms with Gasteiger partial charge < -0.3 is 14.9 Å². The third kappa shape index (κ3) is 3.71. The van der Waals surface area contributed by atoms with Crippen LogP contribution < -0.4 is 9.80 Å². The van der Waals surface area contributed by atoms with Crippen LogP contribution in [0.15, 0.2) is 60.7 Å². The van der Waals surface area contributed by atoms with Crippen molar-refractivity contribution in [3.8, 4) is 5.88 Å².